The molecule has 1 aliphatic heterocycles. The third-order valence-electron chi connectivity index (χ3n) is 3.41. The van der Waals surface area contributed by atoms with Gasteiger partial charge in [-0.1, -0.05) is 12.1 Å². The third kappa shape index (κ3) is 2.24. The molecule has 5 heteroatoms. The molecule has 1 aromatic carbocycles. The smallest absolute Gasteiger partial charge is 0.292 e. The minimum Gasteiger partial charge on any atom is -0.376 e. The van der Waals surface area contributed by atoms with Crippen LogP contribution in [0, 0.1) is 10.1 Å². The van der Waals surface area contributed by atoms with Crippen LogP contribution < -0.4 is 5.32 Å². The fourth-order valence-corrected chi connectivity index (χ4v) is 2.05. The lowest BCUT2D eigenvalue weighted by molar-refractivity contribution is -0.384. The van der Waals surface area contributed by atoms with E-state index in [-0.39, 0.29) is 22.3 Å². The predicted molar refractivity (Wildman–Crippen MR) is 65.2 cm³/mol. The van der Waals surface area contributed by atoms with Crippen molar-refractivity contribution in [1.82, 2.24) is 0 Å². The summed E-state index contributed by atoms with van der Waals surface area (Å²) in [6, 6.07) is 6.69. The molecular weight excluding hydrogens is 220 g/mol. The van der Waals surface area contributed by atoms with E-state index in [0.29, 0.717) is 12.3 Å². The maximum atomic E-state index is 10.9. The van der Waals surface area contributed by atoms with Gasteiger partial charge in [0.2, 0.25) is 0 Å². The van der Waals surface area contributed by atoms with Gasteiger partial charge >= 0.3 is 0 Å². The van der Waals surface area contributed by atoms with E-state index >= 15 is 0 Å². The molecule has 0 radical (unpaired) electrons. The van der Waals surface area contributed by atoms with Crippen LogP contribution in [0.2, 0.25) is 0 Å². The van der Waals surface area contributed by atoms with Crippen LogP contribution in [0.5, 0.6) is 0 Å². The molecule has 0 bridgehead atoms. The maximum Gasteiger partial charge on any atom is 0.292 e. The number of nitro benzene ring substituents is 1. The second-order valence-electron chi connectivity index (χ2n) is 4.58. The van der Waals surface area contributed by atoms with Gasteiger partial charge in [-0.2, -0.15) is 0 Å². The summed E-state index contributed by atoms with van der Waals surface area (Å²) in [6.45, 7) is 4.70. The van der Waals surface area contributed by atoms with Crippen LogP contribution in [-0.2, 0) is 4.74 Å². The van der Waals surface area contributed by atoms with Crippen LogP contribution in [0.15, 0.2) is 24.3 Å². The normalized spacial score (nSPS) is 28.0. The Labute approximate surface area is 99.9 Å². The average Bonchev–Trinajstić information content (AvgIpc) is 2.59. The molecule has 92 valence electrons. The first-order valence-electron chi connectivity index (χ1n) is 5.66. The number of nitrogens with one attached hydrogen (secondary N) is 1. The molecule has 1 N–H and O–H groups in total. The number of benzene rings is 1. The van der Waals surface area contributed by atoms with Gasteiger partial charge in [-0.3, -0.25) is 10.1 Å². The molecule has 0 amide bonds. The number of anilines is 1. The number of hydrogen-bond donors (Lipinski definition) is 1. The van der Waals surface area contributed by atoms with Crippen LogP contribution >= 0.6 is 0 Å². The van der Waals surface area contributed by atoms with Crippen LogP contribution in [0.1, 0.15) is 20.3 Å². The Bertz CT molecular complexity index is 436. The molecule has 0 spiro atoms. The van der Waals surface area contributed by atoms with Crippen molar-refractivity contribution < 1.29 is 9.66 Å². The minimum atomic E-state index is -0.369. The van der Waals surface area contributed by atoms with Crippen LogP contribution in [0.3, 0.4) is 0 Å². The molecule has 1 aliphatic rings. The molecule has 2 unspecified atom stereocenters. The number of rotatable bonds is 3. The highest BCUT2D eigenvalue weighted by molar-refractivity contribution is 5.62. The van der Waals surface area contributed by atoms with Crippen molar-refractivity contribution in [3.05, 3.63) is 34.4 Å². The highest BCUT2D eigenvalue weighted by Crippen LogP contribution is 2.33. The topological polar surface area (TPSA) is 64.4 Å². The van der Waals surface area contributed by atoms with Gasteiger partial charge in [-0.25, -0.2) is 0 Å². The summed E-state index contributed by atoms with van der Waals surface area (Å²) < 4.78 is 5.51. The van der Waals surface area contributed by atoms with Crippen molar-refractivity contribution in [1.29, 1.82) is 0 Å². The number of nitrogens with zero attached hydrogens (tertiary/aromatic N) is 1. The molecule has 2 rings (SSSR count). The quantitative estimate of drug-likeness (QED) is 0.647. The van der Waals surface area contributed by atoms with Gasteiger partial charge in [-0.15, -0.1) is 0 Å². The monoisotopic (exact) mass is 236 g/mol. The van der Waals surface area contributed by atoms with Crippen molar-refractivity contribution in [2.45, 2.75) is 31.9 Å². The second-order valence-corrected chi connectivity index (χ2v) is 4.58. The molecule has 1 fully saturated rings. The summed E-state index contributed by atoms with van der Waals surface area (Å²) in [4.78, 5) is 10.5. The molecule has 0 aliphatic carbocycles. The van der Waals surface area contributed by atoms with Gasteiger partial charge < -0.3 is 10.1 Å². The summed E-state index contributed by atoms with van der Waals surface area (Å²) in [5.41, 5.74) is 0.414. The Morgan fingerprint density at radius 2 is 2.24 bits per heavy atom. The molecule has 1 saturated heterocycles. The SMILES string of the molecule is CC1OCCC1(C)Nc1ccccc1[N+](=O)[O-]. The lowest BCUT2D eigenvalue weighted by atomic mass is 9.94. The molecule has 1 heterocycles. The number of ether oxygens (including phenoxy) is 1. The molecule has 17 heavy (non-hydrogen) atoms. The Hall–Kier alpha value is -1.62. The van der Waals surface area contributed by atoms with E-state index in [1.807, 2.05) is 13.8 Å². The summed E-state index contributed by atoms with van der Waals surface area (Å²) in [6.07, 6.45) is 0.891. The van der Waals surface area contributed by atoms with Crippen LogP contribution in [-0.4, -0.2) is 23.2 Å². The summed E-state index contributed by atoms with van der Waals surface area (Å²) in [5, 5.41) is 14.2. The van der Waals surface area contributed by atoms with Crippen LogP contribution in [0.25, 0.3) is 0 Å². The lowest BCUT2D eigenvalue weighted by Gasteiger charge is -2.29. The second kappa shape index (κ2) is 4.33. The largest absolute Gasteiger partial charge is 0.376 e. The summed E-state index contributed by atoms with van der Waals surface area (Å²) >= 11 is 0. The fourth-order valence-electron chi connectivity index (χ4n) is 2.05. The lowest BCUT2D eigenvalue weighted by Crippen LogP contribution is -2.41. The third-order valence-corrected chi connectivity index (χ3v) is 3.41. The van der Waals surface area contributed by atoms with E-state index in [2.05, 4.69) is 5.32 Å². The number of hydrogen-bond acceptors (Lipinski definition) is 4. The molecule has 5 nitrogen and oxygen atoms in total. The Morgan fingerprint density at radius 3 is 2.82 bits per heavy atom. The maximum absolute atomic E-state index is 10.9. The zero-order valence-corrected chi connectivity index (χ0v) is 9.97. The van der Waals surface area contributed by atoms with Crippen LogP contribution in [0.4, 0.5) is 11.4 Å². The van der Waals surface area contributed by atoms with Crippen molar-refractivity contribution in [3.8, 4) is 0 Å². The minimum absolute atomic E-state index is 0.0438. The Kier molecular flexibility index (Phi) is 3.02. The standard InChI is InChI=1S/C12H16N2O3/c1-9-12(2,7-8-17-9)13-10-5-3-4-6-11(10)14(15)16/h3-6,9,13H,7-8H2,1-2H3. The van der Waals surface area contributed by atoms with E-state index < -0.39 is 0 Å². The number of nitro groups is 1. The van der Waals surface area contributed by atoms with Gasteiger partial charge in [0.1, 0.15) is 5.69 Å². The van der Waals surface area contributed by atoms with Gasteiger partial charge in [0.25, 0.3) is 5.69 Å². The van der Waals surface area contributed by atoms with Gasteiger partial charge in [0.05, 0.1) is 16.6 Å². The average molecular weight is 236 g/mol. The van der Waals surface area contributed by atoms with Crippen molar-refractivity contribution in [3.63, 3.8) is 0 Å². The first kappa shape index (κ1) is 11.9. The van der Waals surface area contributed by atoms with Crippen molar-refractivity contribution >= 4 is 11.4 Å². The highest BCUT2D eigenvalue weighted by Gasteiger charge is 2.38. The predicted octanol–water partition coefficient (Wildman–Crippen LogP) is 2.57. The first-order chi connectivity index (χ1) is 8.03. The Balaban J connectivity index is 2.27. The Morgan fingerprint density at radius 1 is 1.53 bits per heavy atom. The van der Waals surface area contributed by atoms with Gasteiger partial charge in [-0.05, 0) is 26.3 Å². The molecule has 1 aromatic rings. The molecule has 2 atom stereocenters. The van der Waals surface area contributed by atoms with Crippen molar-refractivity contribution in [2.75, 3.05) is 11.9 Å². The first-order valence-corrected chi connectivity index (χ1v) is 5.66. The van der Waals surface area contributed by atoms with E-state index in [0.717, 1.165) is 6.42 Å². The highest BCUT2D eigenvalue weighted by atomic mass is 16.6. The molecular formula is C12H16N2O3. The molecule has 0 aromatic heterocycles. The summed E-state index contributed by atoms with van der Waals surface area (Å²) in [7, 11) is 0. The van der Waals surface area contributed by atoms with Gasteiger partial charge in [0.15, 0.2) is 0 Å². The van der Waals surface area contributed by atoms with E-state index in [9.17, 15) is 10.1 Å². The van der Waals surface area contributed by atoms with Gasteiger partial charge in [0, 0.05) is 12.7 Å². The number of para-hydroxylation sites is 2. The van der Waals surface area contributed by atoms with E-state index in [1.165, 1.54) is 6.07 Å². The zero-order valence-electron chi connectivity index (χ0n) is 9.97. The summed E-state index contributed by atoms with van der Waals surface area (Å²) in [5.74, 6) is 0. The van der Waals surface area contributed by atoms with E-state index in [4.69, 9.17) is 4.74 Å². The molecule has 0 saturated carbocycles. The van der Waals surface area contributed by atoms with E-state index in [1.54, 1.807) is 18.2 Å². The fraction of sp³-hybridized carbons (Fsp3) is 0.500. The van der Waals surface area contributed by atoms with Crippen molar-refractivity contribution in [2.24, 2.45) is 0 Å². The zero-order chi connectivity index (χ0) is 12.5.